The number of hydrogen-bond acceptors (Lipinski definition) is 8. The number of amides is 1. The van der Waals surface area contributed by atoms with Crippen molar-refractivity contribution in [3.05, 3.63) is 47.2 Å². The van der Waals surface area contributed by atoms with Crippen LogP contribution in [0.2, 0.25) is 0 Å². The van der Waals surface area contributed by atoms with Gasteiger partial charge >= 0.3 is 7.60 Å². The molecule has 1 unspecified atom stereocenters. The van der Waals surface area contributed by atoms with Crippen molar-refractivity contribution in [2.75, 3.05) is 37.3 Å². The monoisotopic (exact) mass is 531 g/mol. The molecule has 0 spiro atoms. The highest BCUT2D eigenvalue weighted by Crippen LogP contribution is 2.49. The lowest BCUT2D eigenvalue weighted by Crippen LogP contribution is -2.44. The molecule has 1 aromatic carbocycles. The molecule has 1 amide bonds. The lowest BCUT2D eigenvalue weighted by molar-refractivity contribution is -0.122. The Morgan fingerprint density at radius 3 is 2.32 bits per heavy atom. The van der Waals surface area contributed by atoms with Crippen LogP contribution in [0.4, 0.5) is 11.5 Å². The number of benzene rings is 1. The Morgan fingerprint density at radius 2 is 1.73 bits per heavy atom. The summed E-state index contributed by atoms with van der Waals surface area (Å²) in [7, 11) is -1.63. The molecule has 2 aliphatic rings. The molecule has 1 atom stereocenters. The second kappa shape index (κ2) is 11.9. The van der Waals surface area contributed by atoms with Crippen molar-refractivity contribution in [3.8, 4) is 5.75 Å². The van der Waals surface area contributed by atoms with E-state index in [1.165, 1.54) is 0 Å². The third kappa shape index (κ3) is 6.17. The minimum Gasteiger partial charge on any atom is -0.497 e. The third-order valence-corrected chi connectivity index (χ3v) is 9.00. The van der Waals surface area contributed by atoms with Crippen LogP contribution in [0.5, 0.6) is 5.75 Å². The van der Waals surface area contributed by atoms with Gasteiger partial charge in [-0.15, -0.1) is 0 Å². The van der Waals surface area contributed by atoms with Crippen LogP contribution in [0.3, 0.4) is 0 Å². The number of fused-ring (bicyclic) bond motifs is 1. The fourth-order valence-electron chi connectivity index (χ4n) is 5.43. The van der Waals surface area contributed by atoms with Crippen molar-refractivity contribution < 1.29 is 27.9 Å². The molecular weight excluding hydrogens is 493 g/mol. The van der Waals surface area contributed by atoms with Gasteiger partial charge in [0.1, 0.15) is 17.9 Å². The van der Waals surface area contributed by atoms with E-state index in [9.17, 15) is 9.36 Å². The number of aromatic nitrogens is 1. The average molecular weight is 532 g/mol. The van der Waals surface area contributed by atoms with E-state index in [0.717, 1.165) is 53.9 Å². The first-order valence-electron chi connectivity index (χ1n) is 13.0. The summed E-state index contributed by atoms with van der Waals surface area (Å²) in [5.74, 6) is 0.939. The zero-order valence-corrected chi connectivity index (χ0v) is 23.0. The van der Waals surface area contributed by atoms with Gasteiger partial charge in [-0.3, -0.25) is 9.36 Å². The number of hydrogen-bond donors (Lipinski definition) is 1. The molecule has 0 bridgehead atoms. The van der Waals surface area contributed by atoms with E-state index < -0.39 is 7.60 Å². The number of pyridine rings is 1. The Balaban J connectivity index is 1.52. The maximum Gasteiger partial charge on any atom is 0.356 e. The van der Waals surface area contributed by atoms with E-state index in [4.69, 9.17) is 24.3 Å². The molecule has 4 rings (SSSR count). The number of nitrogen functional groups attached to an aromatic ring is 1. The van der Waals surface area contributed by atoms with Crippen LogP contribution in [0.25, 0.3) is 0 Å². The molecule has 1 aliphatic carbocycles. The van der Waals surface area contributed by atoms with Crippen molar-refractivity contribution in [1.82, 2.24) is 4.98 Å². The van der Waals surface area contributed by atoms with Crippen LogP contribution in [0.15, 0.2) is 30.3 Å². The van der Waals surface area contributed by atoms with Gasteiger partial charge in [0.25, 0.3) is 0 Å². The van der Waals surface area contributed by atoms with E-state index in [0.29, 0.717) is 25.6 Å². The number of aryl methyl sites for hydroxylation is 1. The van der Waals surface area contributed by atoms with Crippen molar-refractivity contribution in [1.29, 1.82) is 0 Å². The SMILES string of the molecule is CCOP(=O)(COC1CCC(C2C(=O)N(c3ccc(OC)cc3)Cc3c(C)cc(N)nc32)CC1)OCC. The molecule has 1 aliphatic heterocycles. The number of nitrogens with zero attached hydrogens (tertiary/aromatic N) is 2. The number of carbonyl (C=O) groups excluding carboxylic acids is 1. The Morgan fingerprint density at radius 1 is 1.08 bits per heavy atom. The maximum atomic E-state index is 14.0. The molecule has 2 N–H and O–H groups in total. The lowest BCUT2D eigenvalue weighted by atomic mass is 9.74. The molecule has 2 aromatic rings. The fraction of sp³-hybridized carbons (Fsp3) is 0.556. The van der Waals surface area contributed by atoms with E-state index >= 15 is 0 Å². The summed E-state index contributed by atoms with van der Waals surface area (Å²) in [6.07, 6.45) is 2.98. The van der Waals surface area contributed by atoms with E-state index in [1.807, 2.05) is 42.2 Å². The number of nitrogens with two attached hydrogens (primary N) is 1. The molecule has 202 valence electrons. The molecule has 37 heavy (non-hydrogen) atoms. The lowest BCUT2D eigenvalue weighted by Gasteiger charge is -2.40. The molecule has 1 saturated carbocycles. The topological polar surface area (TPSA) is 113 Å². The van der Waals surface area contributed by atoms with Crippen molar-refractivity contribution in [2.24, 2.45) is 5.92 Å². The smallest absolute Gasteiger partial charge is 0.356 e. The normalized spacial score (nSPS) is 22.1. The van der Waals surface area contributed by atoms with Gasteiger partial charge in [-0.1, -0.05) is 0 Å². The van der Waals surface area contributed by atoms with Crippen LogP contribution in [-0.4, -0.2) is 43.7 Å². The first-order valence-corrected chi connectivity index (χ1v) is 14.7. The molecule has 2 heterocycles. The van der Waals surface area contributed by atoms with Gasteiger partial charge in [-0.05, 0) is 93.8 Å². The summed E-state index contributed by atoms with van der Waals surface area (Å²) >= 11 is 0. The standard InChI is InChI=1S/C27H38N3O6P/c1-5-35-37(32,36-6-2)17-34-22-11-7-19(8-12-22)25-26-23(18(3)15-24(28)29-26)16-30(27(25)31)20-9-13-21(33-4)14-10-20/h9-10,13-15,19,22,25H,5-8,11-12,16-17H2,1-4H3,(H2,28,29). The summed E-state index contributed by atoms with van der Waals surface area (Å²) < 4.78 is 34.8. The van der Waals surface area contributed by atoms with Crippen LogP contribution in [0, 0.1) is 12.8 Å². The molecule has 9 nitrogen and oxygen atoms in total. The van der Waals surface area contributed by atoms with E-state index in [2.05, 4.69) is 4.98 Å². The molecule has 0 radical (unpaired) electrons. The highest BCUT2D eigenvalue weighted by atomic mass is 31.2. The number of methoxy groups -OCH3 is 1. The Kier molecular flexibility index (Phi) is 8.90. The van der Waals surface area contributed by atoms with Crippen LogP contribution < -0.4 is 15.4 Å². The number of rotatable bonds is 10. The van der Waals surface area contributed by atoms with Gasteiger partial charge in [0, 0.05) is 5.69 Å². The second-order valence-electron chi connectivity index (χ2n) is 9.61. The minimum absolute atomic E-state index is 0.0386. The largest absolute Gasteiger partial charge is 0.497 e. The van der Waals surface area contributed by atoms with E-state index in [1.54, 1.807) is 21.0 Å². The van der Waals surface area contributed by atoms with E-state index in [-0.39, 0.29) is 30.2 Å². The molecule has 0 saturated heterocycles. The van der Waals surface area contributed by atoms with Crippen molar-refractivity contribution >= 4 is 25.0 Å². The maximum absolute atomic E-state index is 14.0. The molecule has 1 aromatic heterocycles. The molecular formula is C27H38N3O6P. The summed E-state index contributed by atoms with van der Waals surface area (Å²) in [5.41, 5.74) is 9.86. The summed E-state index contributed by atoms with van der Waals surface area (Å²) in [4.78, 5) is 20.5. The summed E-state index contributed by atoms with van der Waals surface area (Å²) in [5, 5.41) is 0. The summed E-state index contributed by atoms with van der Waals surface area (Å²) in [6.45, 7) is 6.66. The highest BCUT2D eigenvalue weighted by Gasteiger charge is 2.42. The van der Waals surface area contributed by atoms with Gasteiger partial charge in [0.15, 0.2) is 0 Å². The van der Waals surface area contributed by atoms with Crippen molar-refractivity contribution in [2.45, 2.75) is 65.0 Å². The van der Waals surface area contributed by atoms with Crippen LogP contribution in [-0.2, 0) is 29.7 Å². The first-order chi connectivity index (χ1) is 17.8. The van der Waals surface area contributed by atoms with Gasteiger partial charge in [0.2, 0.25) is 5.91 Å². The second-order valence-corrected chi connectivity index (χ2v) is 11.6. The Labute approximate surface area is 219 Å². The summed E-state index contributed by atoms with van der Waals surface area (Å²) in [6, 6.07) is 9.44. The Bertz CT molecular complexity index is 1120. The van der Waals surface area contributed by atoms with Gasteiger partial charge in [-0.25, -0.2) is 4.98 Å². The zero-order valence-electron chi connectivity index (χ0n) is 22.1. The van der Waals surface area contributed by atoms with Gasteiger partial charge in [-0.2, -0.15) is 0 Å². The Hall–Kier alpha value is -2.45. The number of anilines is 2. The highest BCUT2D eigenvalue weighted by molar-refractivity contribution is 7.53. The molecule has 10 heteroatoms. The molecule has 1 fully saturated rings. The third-order valence-electron chi connectivity index (χ3n) is 7.24. The fourth-order valence-corrected chi connectivity index (χ4v) is 6.83. The predicted molar refractivity (Wildman–Crippen MR) is 143 cm³/mol. The predicted octanol–water partition coefficient (Wildman–Crippen LogP) is 5.41. The number of ether oxygens (including phenoxy) is 2. The minimum atomic E-state index is -3.26. The first kappa shape index (κ1) is 27.6. The van der Waals surface area contributed by atoms with Gasteiger partial charge in [0.05, 0.1) is 44.6 Å². The van der Waals surface area contributed by atoms with Crippen LogP contribution >= 0.6 is 7.60 Å². The zero-order chi connectivity index (χ0) is 26.6. The number of carbonyl (C=O) groups is 1. The van der Waals surface area contributed by atoms with Gasteiger partial charge < -0.3 is 29.2 Å². The van der Waals surface area contributed by atoms with Crippen LogP contribution in [0.1, 0.15) is 62.3 Å². The quantitative estimate of drug-likeness (QED) is 0.405. The van der Waals surface area contributed by atoms with Crippen molar-refractivity contribution in [3.63, 3.8) is 0 Å². The average Bonchev–Trinajstić information content (AvgIpc) is 2.88.